The Balaban J connectivity index is 1.88. The summed E-state index contributed by atoms with van der Waals surface area (Å²) in [5.41, 5.74) is 0.288. The quantitative estimate of drug-likeness (QED) is 0.403. The van der Waals surface area contributed by atoms with E-state index < -0.39 is 22.2 Å². The van der Waals surface area contributed by atoms with Crippen molar-refractivity contribution in [3.63, 3.8) is 0 Å². The molecule has 1 N–H and O–H groups in total. The lowest BCUT2D eigenvalue weighted by molar-refractivity contribution is 0.623. The maximum Gasteiger partial charge on any atom is 0.334 e. The lowest BCUT2D eigenvalue weighted by Crippen LogP contribution is -2.30. The summed E-state index contributed by atoms with van der Waals surface area (Å²) >= 11 is 7.35. The Morgan fingerprint density at radius 3 is 2.57 bits per heavy atom. The van der Waals surface area contributed by atoms with E-state index in [1.165, 1.54) is 16.3 Å². The van der Waals surface area contributed by atoms with Crippen molar-refractivity contribution in [1.29, 1.82) is 0 Å². The van der Waals surface area contributed by atoms with Gasteiger partial charge in [0.2, 0.25) is 0 Å². The topological polar surface area (TPSA) is 67.8 Å². The summed E-state index contributed by atoms with van der Waals surface area (Å²) in [6.07, 6.45) is 0. The first-order valence-corrected chi connectivity index (χ1v) is 9.68. The molecule has 2 aromatic heterocycles. The Labute approximate surface area is 167 Å². The van der Waals surface area contributed by atoms with E-state index in [1.54, 1.807) is 12.1 Å². The van der Waals surface area contributed by atoms with E-state index >= 15 is 0 Å². The average molecular weight is 414 g/mol. The Bertz CT molecular complexity index is 1290. The fraction of sp³-hybridized carbons (Fsp3) is 0.0500. The molecule has 140 valence electrons. The maximum absolute atomic E-state index is 13.8. The smallest absolute Gasteiger partial charge is 0.273 e. The number of fused-ring (bicyclic) bond motifs is 1. The molecular formula is C20H13ClFN3O2S. The monoisotopic (exact) mass is 413 g/mol. The second kappa shape index (κ2) is 7.61. The van der Waals surface area contributed by atoms with Crippen molar-refractivity contribution in [2.45, 2.75) is 10.6 Å². The van der Waals surface area contributed by atoms with Crippen LogP contribution < -0.4 is 11.2 Å². The standard InChI is InChI=1S/C20H13ClFN3O2S/c21-17-14(22)10-13-18(23-17)25(20(27)24-19(13)26)15-8-4-5-9-16(15)28-11-12-6-2-1-3-7-12/h1-10H,11H2,(H,24,26,27). The van der Waals surface area contributed by atoms with Gasteiger partial charge in [0.25, 0.3) is 5.56 Å². The molecule has 0 bridgehead atoms. The van der Waals surface area contributed by atoms with Gasteiger partial charge in [-0.05, 0) is 23.8 Å². The highest BCUT2D eigenvalue weighted by atomic mass is 35.5. The van der Waals surface area contributed by atoms with Crippen LogP contribution in [0.25, 0.3) is 16.7 Å². The molecule has 0 saturated heterocycles. The molecule has 4 rings (SSSR count). The summed E-state index contributed by atoms with van der Waals surface area (Å²) in [5.74, 6) is -0.131. The average Bonchev–Trinajstić information content (AvgIpc) is 2.70. The molecule has 2 aromatic carbocycles. The zero-order valence-corrected chi connectivity index (χ0v) is 15.9. The van der Waals surface area contributed by atoms with Crippen LogP contribution in [-0.4, -0.2) is 14.5 Å². The summed E-state index contributed by atoms with van der Waals surface area (Å²) in [6, 6.07) is 18.1. The van der Waals surface area contributed by atoms with E-state index in [0.29, 0.717) is 11.4 Å². The molecule has 0 fully saturated rings. The van der Waals surface area contributed by atoms with Crippen LogP contribution in [0.5, 0.6) is 0 Å². The summed E-state index contributed by atoms with van der Waals surface area (Å²) in [7, 11) is 0. The maximum atomic E-state index is 13.8. The largest absolute Gasteiger partial charge is 0.334 e. The number of aromatic nitrogens is 3. The molecule has 0 atom stereocenters. The molecule has 0 radical (unpaired) electrons. The van der Waals surface area contributed by atoms with Crippen LogP contribution in [0.15, 0.2) is 75.1 Å². The normalized spacial score (nSPS) is 11.1. The summed E-state index contributed by atoms with van der Waals surface area (Å²) < 4.78 is 15.1. The second-order valence-electron chi connectivity index (χ2n) is 5.97. The van der Waals surface area contributed by atoms with Gasteiger partial charge in [0.1, 0.15) is 0 Å². The number of aromatic amines is 1. The lowest BCUT2D eigenvalue weighted by Gasteiger charge is -2.13. The number of rotatable bonds is 4. The number of nitrogens with zero attached hydrogens (tertiary/aromatic N) is 2. The number of halogens is 2. The second-order valence-corrected chi connectivity index (χ2v) is 7.34. The molecule has 0 aliphatic carbocycles. The van der Waals surface area contributed by atoms with Crippen molar-refractivity contribution in [3.8, 4) is 5.69 Å². The van der Waals surface area contributed by atoms with Crippen LogP contribution in [0.4, 0.5) is 4.39 Å². The third kappa shape index (κ3) is 3.46. The van der Waals surface area contributed by atoms with Crippen LogP contribution in [0.1, 0.15) is 5.56 Å². The molecule has 2 heterocycles. The van der Waals surface area contributed by atoms with Crippen LogP contribution >= 0.6 is 23.4 Å². The molecule has 28 heavy (non-hydrogen) atoms. The first kappa shape index (κ1) is 18.5. The molecule has 0 aliphatic rings. The van der Waals surface area contributed by atoms with Gasteiger partial charge in [-0.3, -0.25) is 9.78 Å². The number of para-hydroxylation sites is 1. The Morgan fingerprint density at radius 2 is 1.79 bits per heavy atom. The highest BCUT2D eigenvalue weighted by Crippen LogP contribution is 2.29. The van der Waals surface area contributed by atoms with E-state index in [2.05, 4.69) is 9.97 Å². The number of pyridine rings is 1. The number of hydrogen-bond donors (Lipinski definition) is 1. The van der Waals surface area contributed by atoms with Gasteiger partial charge >= 0.3 is 5.69 Å². The SMILES string of the molecule is O=c1[nH]c(=O)n(-c2ccccc2SCc2ccccc2)c2nc(Cl)c(F)cc12. The van der Waals surface area contributed by atoms with Crippen LogP contribution in [0.2, 0.25) is 5.15 Å². The number of H-pyrrole nitrogens is 1. The third-order valence-electron chi connectivity index (χ3n) is 4.14. The van der Waals surface area contributed by atoms with Crippen molar-refractivity contribution >= 4 is 34.4 Å². The van der Waals surface area contributed by atoms with E-state index in [4.69, 9.17) is 11.6 Å². The van der Waals surface area contributed by atoms with Crippen LogP contribution in [-0.2, 0) is 5.75 Å². The minimum Gasteiger partial charge on any atom is -0.273 e. The lowest BCUT2D eigenvalue weighted by atomic mass is 10.2. The summed E-state index contributed by atoms with van der Waals surface area (Å²) in [4.78, 5) is 31.7. The molecule has 0 amide bonds. The number of hydrogen-bond acceptors (Lipinski definition) is 4. The number of benzene rings is 2. The summed E-state index contributed by atoms with van der Waals surface area (Å²) in [5, 5.41) is -0.454. The highest BCUT2D eigenvalue weighted by molar-refractivity contribution is 7.98. The predicted molar refractivity (Wildman–Crippen MR) is 109 cm³/mol. The Hall–Kier alpha value is -2.90. The van der Waals surface area contributed by atoms with E-state index in [1.807, 2.05) is 42.5 Å². The Morgan fingerprint density at radius 1 is 1.07 bits per heavy atom. The van der Waals surface area contributed by atoms with Crippen LogP contribution in [0.3, 0.4) is 0 Å². The molecular weight excluding hydrogens is 401 g/mol. The van der Waals surface area contributed by atoms with Gasteiger partial charge < -0.3 is 0 Å². The molecule has 8 heteroatoms. The van der Waals surface area contributed by atoms with Gasteiger partial charge in [0, 0.05) is 10.6 Å². The van der Waals surface area contributed by atoms with Crippen molar-refractivity contribution in [1.82, 2.24) is 14.5 Å². The number of thioether (sulfide) groups is 1. The molecule has 4 aromatic rings. The predicted octanol–water partition coefficient (Wildman–Crippen LogP) is 4.16. The highest BCUT2D eigenvalue weighted by Gasteiger charge is 2.16. The van der Waals surface area contributed by atoms with Crippen molar-refractivity contribution in [2.24, 2.45) is 0 Å². The molecule has 0 spiro atoms. The van der Waals surface area contributed by atoms with Crippen molar-refractivity contribution < 1.29 is 4.39 Å². The van der Waals surface area contributed by atoms with Crippen molar-refractivity contribution in [2.75, 3.05) is 0 Å². The van der Waals surface area contributed by atoms with Gasteiger partial charge in [-0.15, -0.1) is 11.8 Å². The van der Waals surface area contributed by atoms with E-state index in [0.717, 1.165) is 16.5 Å². The van der Waals surface area contributed by atoms with Crippen LogP contribution in [0, 0.1) is 5.82 Å². The first-order chi connectivity index (χ1) is 13.5. The number of nitrogens with one attached hydrogen (secondary N) is 1. The fourth-order valence-electron chi connectivity index (χ4n) is 2.83. The van der Waals surface area contributed by atoms with E-state index in [-0.39, 0.29) is 11.0 Å². The third-order valence-corrected chi connectivity index (χ3v) is 5.54. The molecule has 5 nitrogen and oxygen atoms in total. The van der Waals surface area contributed by atoms with Gasteiger partial charge in [-0.1, -0.05) is 54.1 Å². The molecule has 0 saturated carbocycles. The van der Waals surface area contributed by atoms with Gasteiger partial charge in [0.05, 0.1) is 11.1 Å². The van der Waals surface area contributed by atoms with Gasteiger partial charge in [-0.25, -0.2) is 18.7 Å². The zero-order valence-electron chi connectivity index (χ0n) is 14.4. The van der Waals surface area contributed by atoms with Crippen molar-refractivity contribution in [3.05, 3.63) is 98.0 Å². The van der Waals surface area contributed by atoms with E-state index in [9.17, 15) is 14.0 Å². The van der Waals surface area contributed by atoms with Gasteiger partial charge in [0.15, 0.2) is 16.6 Å². The molecule has 0 aliphatic heterocycles. The minimum atomic E-state index is -0.823. The van der Waals surface area contributed by atoms with Gasteiger partial charge in [-0.2, -0.15) is 0 Å². The zero-order chi connectivity index (χ0) is 19.7. The minimum absolute atomic E-state index is 0.00733. The summed E-state index contributed by atoms with van der Waals surface area (Å²) in [6.45, 7) is 0. The Kier molecular flexibility index (Phi) is 5.02. The fourth-order valence-corrected chi connectivity index (χ4v) is 3.97. The first-order valence-electron chi connectivity index (χ1n) is 8.32. The molecule has 0 unspecified atom stereocenters.